The number of nitrogens with one attached hydrogen (secondary N) is 2. The molecule has 186 valence electrons. The Hall–Kier alpha value is -3.90. The zero-order valence-corrected chi connectivity index (χ0v) is 20.5. The van der Waals surface area contributed by atoms with Crippen LogP contribution >= 0.6 is 0 Å². The number of benzene rings is 3. The normalized spacial score (nSPS) is 13.2. The second-order valence-corrected chi connectivity index (χ2v) is 9.04. The summed E-state index contributed by atoms with van der Waals surface area (Å²) in [7, 11) is 0. The minimum Gasteiger partial charge on any atom is -0.493 e. The van der Waals surface area contributed by atoms with Crippen LogP contribution in [-0.2, 0) is 11.2 Å². The first kappa shape index (κ1) is 25.2. The van der Waals surface area contributed by atoms with Gasteiger partial charge in [-0.05, 0) is 72.7 Å². The summed E-state index contributed by atoms with van der Waals surface area (Å²) >= 11 is 0. The van der Waals surface area contributed by atoms with Gasteiger partial charge in [0.15, 0.2) is 0 Å². The highest BCUT2D eigenvalue weighted by molar-refractivity contribution is 6.05. The summed E-state index contributed by atoms with van der Waals surface area (Å²) in [4.78, 5) is 25.5. The number of aliphatic hydroxyl groups excluding tert-OH is 1. The van der Waals surface area contributed by atoms with Crippen LogP contribution in [0.1, 0.15) is 51.4 Å². The average molecular weight is 485 g/mol. The molecule has 1 saturated carbocycles. The Kier molecular flexibility index (Phi) is 8.53. The zero-order valence-electron chi connectivity index (χ0n) is 20.5. The number of hydrogen-bond donors (Lipinski definition) is 3. The molecule has 36 heavy (non-hydrogen) atoms. The number of amides is 2. The summed E-state index contributed by atoms with van der Waals surface area (Å²) < 4.78 is 5.83. The Morgan fingerprint density at radius 3 is 2.44 bits per heavy atom. The van der Waals surface area contributed by atoms with Gasteiger partial charge in [0.1, 0.15) is 11.4 Å². The van der Waals surface area contributed by atoms with E-state index in [2.05, 4.69) is 47.9 Å². The zero-order chi connectivity index (χ0) is 25.3. The van der Waals surface area contributed by atoms with Gasteiger partial charge in [0, 0.05) is 18.5 Å². The van der Waals surface area contributed by atoms with Crippen molar-refractivity contribution in [1.82, 2.24) is 10.6 Å². The van der Waals surface area contributed by atoms with Gasteiger partial charge in [-0.25, -0.2) is 0 Å². The van der Waals surface area contributed by atoms with Gasteiger partial charge in [0.2, 0.25) is 0 Å². The maximum Gasteiger partial charge on any atom is 0.267 e. The molecule has 0 atom stereocenters. The van der Waals surface area contributed by atoms with E-state index in [9.17, 15) is 9.59 Å². The van der Waals surface area contributed by atoms with Crippen molar-refractivity contribution >= 4 is 17.9 Å². The lowest BCUT2D eigenvalue weighted by Crippen LogP contribution is -2.36. The van der Waals surface area contributed by atoms with E-state index >= 15 is 0 Å². The molecule has 3 aromatic rings. The Labute approximate surface area is 212 Å². The third-order valence-electron chi connectivity index (χ3n) is 6.04. The van der Waals surface area contributed by atoms with Crippen LogP contribution in [0, 0.1) is 6.92 Å². The van der Waals surface area contributed by atoms with E-state index in [-0.39, 0.29) is 18.8 Å². The molecule has 0 aromatic heterocycles. The Balaban J connectivity index is 1.38. The quantitative estimate of drug-likeness (QED) is 0.353. The molecule has 6 nitrogen and oxygen atoms in total. The van der Waals surface area contributed by atoms with Crippen LogP contribution in [0.4, 0.5) is 0 Å². The maximum atomic E-state index is 12.9. The van der Waals surface area contributed by atoms with Gasteiger partial charge in [-0.1, -0.05) is 54.1 Å². The predicted molar refractivity (Wildman–Crippen MR) is 141 cm³/mol. The van der Waals surface area contributed by atoms with Gasteiger partial charge in [-0.2, -0.15) is 0 Å². The van der Waals surface area contributed by atoms with Crippen LogP contribution in [-0.4, -0.2) is 36.7 Å². The molecule has 4 rings (SSSR count). The van der Waals surface area contributed by atoms with Crippen molar-refractivity contribution in [2.75, 3.05) is 19.8 Å². The molecule has 1 fully saturated rings. The lowest BCUT2D eigenvalue weighted by molar-refractivity contribution is -0.117. The number of aliphatic hydroxyl groups is 1. The van der Waals surface area contributed by atoms with Crippen molar-refractivity contribution in [3.05, 3.63) is 106 Å². The molecule has 1 aliphatic rings. The summed E-state index contributed by atoms with van der Waals surface area (Å²) in [6.07, 6.45) is 4.87. The molecule has 0 spiro atoms. The van der Waals surface area contributed by atoms with Crippen molar-refractivity contribution in [3.63, 3.8) is 0 Å². The second-order valence-electron chi connectivity index (χ2n) is 9.04. The summed E-state index contributed by atoms with van der Waals surface area (Å²) in [5.41, 5.74) is 5.07. The largest absolute Gasteiger partial charge is 0.493 e. The van der Waals surface area contributed by atoms with Gasteiger partial charge in [0.05, 0.1) is 13.2 Å². The molecule has 0 unspecified atom stereocenters. The van der Waals surface area contributed by atoms with E-state index in [0.717, 1.165) is 12.0 Å². The number of ether oxygens (including phenoxy) is 1. The van der Waals surface area contributed by atoms with Gasteiger partial charge in [0.25, 0.3) is 11.8 Å². The van der Waals surface area contributed by atoms with Crippen LogP contribution in [0.15, 0.2) is 78.5 Å². The van der Waals surface area contributed by atoms with Crippen LogP contribution < -0.4 is 15.4 Å². The predicted octanol–water partition coefficient (Wildman–Crippen LogP) is 4.37. The first-order valence-electron chi connectivity index (χ1n) is 12.3. The van der Waals surface area contributed by atoms with E-state index in [0.29, 0.717) is 23.8 Å². The fourth-order valence-electron chi connectivity index (χ4n) is 3.92. The minimum atomic E-state index is -0.459. The highest BCUT2D eigenvalue weighted by Gasteiger charge is 2.23. The van der Waals surface area contributed by atoms with Crippen LogP contribution in [0.2, 0.25) is 0 Å². The van der Waals surface area contributed by atoms with Crippen molar-refractivity contribution < 1.29 is 19.4 Å². The van der Waals surface area contributed by atoms with E-state index in [1.54, 1.807) is 30.3 Å². The Morgan fingerprint density at radius 2 is 1.78 bits per heavy atom. The fraction of sp³-hybridized carbons (Fsp3) is 0.267. The Morgan fingerprint density at radius 1 is 1.03 bits per heavy atom. The number of rotatable bonds is 11. The van der Waals surface area contributed by atoms with Crippen LogP contribution in [0.5, 0.6) is 5.75 Å². The van der Waals surface area contributed by atoms with E-state index in [1.807, 2.05) is 18.2 Å². The van der Waals surface area contributed by atoms with Gasteiger partial charge < -0.3 is 20.5 Å². The monoisotopic (exact) mass is 484 g/mol. The summed E-state index contributed by atoms with van der Waals surface area (Å²) in [5.74, 6) is 0.456. The summed E-state index contributed by atoms with van der Waals surface area (Å²) in [6, 6.07) is 23.2. The topological polar surface area (TPSA) is 87.7 Å². The van der Waals surface area contributed by atoms with Crippen molar-refractivity contribution in [2.24, 2.45) is 0 Å². The Bertz CT molecular complexity index is 1210. The van der Waals surface area contributed by atoms with E-state index < -0.39 is 11.8 Å². The lowest BCUT2D eigenvalue weighted by Gasteiger charge is -2.12. The number of carbonyl (C=O) groups excluding carboxylic acids is 2. The first-order valence-corrected chi connectivity index (χ1v) is 12.3. The highest BCUT2D eigenvalue weighted by atomic mass is 16.5. The SMILES string of the molecule is Cc1cccc(CCOc2ccc(C(=O)N/C(=C\c3ccc(C4CC4)cc3)C(=O)NCCO)cc2)c1. The fourth-order valence-corrected chi connectivity index (χ4v) is 3.92. The van der Waals surface area contributed by atoms with Crippen molar-refractivity contribution in [2.45, 2.75) is 32.1 Å². The first-order chi connectivity index (χ1) is 17.5. The molecule has 1 aliphatic carbocycles. The number of aryl methyl sites for hydroxylation is 1. The third kappa shape index (κ3) is 7.30. The van der Waals surface area contributed by atoms with Crippen molar-refractivity contribution in [3.8, 4) is 5.75 Å². The molecule has 0 radical (unpaired) electrons. The standard InChI is InChI=1S/C30H32N2O4/c1-21-3-2-4-22(19-21)15-18-36-27-13-11-26(12-14-27)29(34)32-28(30(35)31-16-17-33)20-23-5-7-24(8-6-23)25-9-10-25/h2-8,11-14,19-20,25,33H,9-10,15-18H2,1H3,(H,31,35)(H,32,34)/b28-20-. The summed E-state index contributed by atoms with van der Waals surface area (Å²) in [6.45, 7) is 2.51. The number of hydrogen-bond acceptors (Lipinski definition) is 4. The van der Waals surface area contributed by atoms with Crippen LogP contribution in [0.25, 0.3) is 6.08 Å². The molecule has 0 aliphatic heterocycles. The van der Waals surface area contributed by atoms with E-state index in [1.165, 1.54) is 29.5 Å². The molecule has 6 heteroatoms. The van der Waals surface area contributed by atoms with Gasteiger partial charge >= 0.3 is 0 Å². The van der Waals surface area contributed by atoms with E-state index in [4.69, 9.17) is 9.84 Å². The molecule has 0 heterocycles. The minimum absolute atomic E-state index is 0.0985. The highest BCUT2D eigenvalue weighted by Crippen LogP contribution is 2.39. The van der Waals surface area contributed by atoms with Crippen LogP contribution in [0.3, 0.4) is 0 Å². The third-order valence-corrected chi connectivity index (χ3v) is 6.04. The molecule has 3 aromatic carbocycles. The maximum absolute atomic E-state index is 12.9. The summed E-state index contributed by atoms with van der Waals surface area (Å²) in [5, 5.41) is 14.4. The second kappa shape index (κ2) is 12.2. The van der Waals surface area contributed by atoms with Gasteiger partial charge in [-0.3, -0.25) is 9.59 Å². The van der Waals surface area contributed by atoms with Crippen molar-refractivity contribution in [1.29, 1.82) is 0 Å². The average Bonchev–Trinajstić information content (AvgIpc) is 3.73. The molecule has 2 amide bonds. The molecule has 0 bridgehead atoms. The molecular weight excluding hydrogens is 452 g/mol. The van der Waals surface area contributed by atoms with Gasteiger partial charge in [-0.15, -0.1) is 0 Å². The number of carbonyl (C=O) groups is 2. The molecule has 0 saturated heterocycles. The molecular formula is C30H32N2O4. The lowest BCUT2D eigenvalue weighted by atomic mass is 10.1. The molecule has 3 N–H and O–H groups in total. The smallest absolute Gasteiger partial charge is 0.267 e.